The van der Waals surface area contributed by atoms with Crippen LogP contribution in [-0.2, 0) is 16.0 Å². The van der Waals surface area contributed by atoms with Crippen molar-refractivity contribution >= 4 is 23.3 Å². The molecule has 1 aliphatic rings. The van der Waals surface area contributed by atoms with Crippen LogP contribution in [0.3, 0.4) is 0 Å². The van der Waals surface area contributed by atoms with Crippen LogP contribution in [0.15, 0.2) is 11.4 Å². The van der Waals surface area contributed by atoms with Gasteiger partial charge in [-0.2, -0.15) is 0 Å². The topological polar surface area (TPSA) is 43.4 Å². The number of rotatable bonds is 0. The Labute approximate surface area is 66.6 Å². The Kier molecular flexibility index (Phi) is 1.29. The van der Waals surface area contributed by atoms with Gasteiger partial charge in [-0.15, -0.1) is 11.3 Å². The Morgan fingerprint density at radius 3 is 3.09 bits per heavy atom. The van der Waals surface area contributed by atoms with E-state index in [-0.39, 0.29) is 6.42 Å². The van der Waals surface area contributed by atoms with Crippen LogP contribution in [0.4, 0.5) is 0 Å². The smallest absolute Gasteiger partial charge is 0.356 e. The number of carbonyl (C=O) groups is 2. The van der Waals surface area contributed by atoms with E-state index < -0.39 is 11.9 Å². The van der Waals surface area contributed by atoms with Crippen LogP contribution in [0.5, 0.6) is 0 Å². The summed E-state index contributed by atoms with van der Waals surface area (Å²) < 4.78 is 4.40. The molecule has 0 saturated carbocycles. The zero-order chi connectivity index (χ0) is 7.84. The molecular weight excluding hydrogens is 164 g/mol. The molecule has 0 amide bonds. The van der Waals surface area contributed by atoms with Crippen LogP contribution in [0.25, 0.3) is 0 Å². The molecule has 1 aromatic heterocycles. The average molecular weight is 168 g/mol. The fraction of sp³-hybridized carbons (Fsp3) is 0.143. The van der Waals surface area contributed by atoms with Crippen LogP contribution in [0, 0.1) is 0 Å². The summed E-state index contributed by atoms with van der Waals surface area (Å²) in [5, 5.41) is 1.78. The second-order valence-corrected chi connectivity index (χ2v) is 3.13. The van der Waals surface area contributed by atoms with Gasteiger partial charge in [-0.25, -0.2) is 4.79 Å². The maximum Gasteiger partial charge on any atom is 0.356 e. The van der Waals surface area contributed by atoms with Gasteiger partial charge in [0.25, 0.3) is 0 Å². The SMILES string of the molecule is O=C1Cc2ccsc2C(=O)O1. The Bertz CT molecular complexity index is 326. The molecule has 2 heterocycles. The molecule has 1 aliphatic heterocycles. The van der Waals surface area contributed by atoms with E-state index in [1.165, 1.54) is 11.3 Å². The maximum atomic E-state index is 10.9. The number of hydrogen-bond donors (Lipinski definition) is 0. The fourth-order valence-electron chi connectivity index (χ4n) is 0.995. The molecule has 0 aromatic carbocycles. The number of thiophene rings is 1. The molecule has 56 valence electrons. The standard InChI is InChI=1S/C7H4O3S/c8-5-3-4-1-2-11-6(4)7(9)10-5/h1-2H,3H2. The number of ether oxygens (including phenoxy) is 1. The largest absolute Gasteiger partial charge is 0.389 e. The Morgan fingerprint density at radius 1 is 1.45 bits per heavy atom. The Hall–Kier alpha value is -1.16. The van der Waals surface area contributed by atoms with Gasteiger partial charge in [0.2, 0.25) is 0 Å². The third-order valence-electron chi connectivity index (χ3n) is 1.47. The fourth-order valence-corrected chi connectivity index (χ4v) is 1.79. The molecule has 0 spiro atoms. The summed E-state index contributed by atoms with van der Waals surface area (Å²) in [5.74, 6) is -0.966. The van der Waals surface area contributed by atoms with E-state index in [0.717, 1.165) is 5.56 Å². The van der Waals surface area contributed by atoms with E-state index in [2.05, 4.69) is 4.74 Å². The summed E-state index contributed by atoms with van der Waals surface area (Å²) in [6, 6.07) is 1.78. The Morgan fingerprint density at radius 2 is 2.27 bits per heavy atom. The van der Waals surface area contributed by atoms with Crippen LogP contribution >= 0.6 is 11.3 Å². The molecule has 0 fully saturated rings. The quantitative estimate of drug-likeness (QED) is 0.428. The molecule has 0 bridgehead atoms. The zero-order valence-corrected chi connectivity index (χ0v) is 6.31. The number of esters is 2. The lowest BCUT2D eigenvalue weighted by molar-refractivity contribution is -0.137. The molecule has 0 radical (unpaired) electrons. The summed E-state index contributed by atoms with van der Waals surface area (Å²) in [7, 11) is 0. The van der Waals surface area contributed by atoms with Crippen LogP contribution < -0.4 is 0 Å². The molecule has 0 saturated heterocycles. The highest BCUT2D eigenvalue weighted by Gasteiger charge is 2.25. The van der Waals surface area contributed by atoms with E-state index in [9.17, 15) is 9.59 Å². The minimum atomic E-state index is -0.508. The number of fused-ring (bicyclic) bond motifs is 1. The number of carbonyl (C=O) groups excluding carboxylic acids is 2. The predicted octanol–water partition coefficient (Wildman–Crippen LogP) is 0.988. The third-order valence-corrected chi connectivity index (χ3v) is 2.41. The highest BCUT2D eigenvalue weighted by Crippen LogP contribution is 2.22. The summed E-state index contributed by atoms with van der Waals surface area (Å²) in [5.41, 5.74) is 0.788. The molecule has 0 aliphatic carbocycles. The first-order valence-corrected chi connectivity index (χ1v) is 3.97. The third kappa shape index (κ3) is 0.952. The van der Waals surface area contributed by atoms with Crippen LogP contribution in [0.1, 0.15) is 15.2 Å². The average Bonchev–Trinajstić information content (AvgIpc) is 2.34. The van der Waals surface area contributed by atoms with Crippen molar-refractivity contribution in [3.05, 3.63) is 21.9 Å². The van der Waals surface area contributed by atoms with Crippen LogP contribution in [-0.4, -0.2) is 11.9 Å². The van der Waals surface area contributed by atoms with E-state index in [4.69, 9.17) is 0 Å². The second kappa shape index (κ2) is 2.17. The second-order valence-electron chi connectivity index (χ2n) is 2.21. The van der Waals surface area contributed by atoms with Gasteiger partial charge in [-0.05, 0) is 17.0 Å². The highest BCUT2D eigenvalue weighted by atomic mass is 32.1. The van der Waals surface area contributed by atoms with Gasteiger partial charge >= 0.3 is 11.9 Å². The predicted molar refractivity (Wildman–Crippen MR) is 38.4 cm³/mol. The van der Waals surface area contributed by atoms with E-state index in [1.807, 2.05) is 0 Å². The molecule has 0 unspecified atom stereocenters. The van der Waals surface area contributed by atoms with Crippen molar-refractivity contribution < 1.29 is 14.3 Å². The molecule has 4 heteroatoms. The van der Waals surface area contributed by atoms with Gasteiger partial charge in [0, 0.05) is 0 Å². The van der Waals surface area contributed by atoms with Crippen molar-refractivity contribution in [2.24, 2.45) is 0 Å². The zero-order valence-electron chi connectivity index (χ0n) is 5.49. The van der Waals surface area contributed by atoms with Gasteiger partial charge in [0.05, 0.1) is 6.42 Å². The number of cyclic esters (lactones) is 2. The van der Waals surface area contributed by atoms with E-state index in [1.54, 1.807) is 11.4 Å². The first-order valence-electron chi connectivity index (χ1n) is 3.09. The monoisotopic (exact) mass is 168 g/mol. The molecular formula is C7H4O3S. The van der Waals surface area contributed by atoms with Gasteiger partial charge < -0.3 is 4.74 Å². The van der Waals surface area contributed by atoms with E-state index in [0.29, 0.717) is 4.88 Å². The molecule has 3 nitrogen and oxygen atoms in total. The van der Waals surface area contributed by atoms with Gasteiger partial charge in [0.1, 0.15) is 4.88 Å². The number of hydrogen-bond acceptors (Lipinski definition) is 4. The Balaban J connectivity index is 2.52. The molecule has 1 aromatic rings. The summed E-state index contributed by atoms with van der Waals surface area (Å²) >= 11 is 1.31. The van der Waals surface area contributed by atoms with Crippen molar-refractivity contribution in [3.8, 4) is 0 Å². The van der Waals surface area contributed by atoms with Crippen molar-refractivity contribution in [2.75, 3.05) is 0 Å². The lowest BCUT2D eigenvalue weighted by Crippen LogP contribution is -2.20. The first-order chi connectivity index (χ1) is 5.27. The molecule has 0 N–H and O–H groups in total. The minimum absolute atomic E-state index is 0.227. The van der Waals surface area contributed by atoms with Crippen molar-refractivity contribution in [3.63, 3.8) is 0 Å². The normalized spacial score (nSPS) is 16.0. The lowest BCUT2D eigenvalue weighted by atomic mass is 10.1. The van der Waals surface area contributed by atoms with Crippen molar-refractivity contribution in [2.45, 2.75) is 6.42 Å². The summed E-state index contributed by atoms with van der Waals surface area (Å²) in [6.07, 6.45) is 0.227. The van der Waals surface area contributed by atoms with Gasteiger partial charge in [0.15, 0.2) is 0 Å². The minimum Gasteiger partial charge on any atom is -0.389 e. The molecule has 2 rings (SSSR count). The van der Waals surface area contributed by atoms with E-state index >= 15 is 0 Å². The maximum absolute atomic E-state index is 10.9. The molecule has 0 atom stereocenters. The first kappa shape index (κ1) is 6.54. The van der Waals surface area contributed by atoms with Gasteiger partial charge in [-0.3, -0.25) is 4.79 Å². The lowest BCUT2D eigenvalue weighted by Gasteiger charge is -2.07. The summed E-state index contributed by atoms with van der Waals surface area (Å²) in [4.78, 5) is 22.2. The molecule has 11 heavy (non-hydrogen) atoms. The van der Waals surface area contributed by atoms with Crippen molar-refractivity contribution in [1.29, 1.82) is 0 Å². The highest BCUT2D eigenvalue weighted by molar-refractivity contribution is 7.12. The van der Waals surface area contributed by atoms with Crippen molar-refractivity contribution in [1.82, 2.24) is 0 Å². The summed E-state index contributed by atoms with van der Waals surface area (Å²) in [6.45, 7) is 0. The van der Waals surface area contributed by atoms with Crippen LogP contribution in [0.2, 0.25) is 0 Å². The van der Waals surface area contributed by atoms with Gasteiger partial charge in [-0.1, -0.05) is 0 Å².